The first-order valence-electron chi connectivity index (χ1n) is 5.15. The summed E-state index contributed by atoms with van der Waals surface area (Å²) in [5, 5.41) is 2.09. The summed E-state index contributed by atoms with van der Waals surface area (Å²) in [4.78, 5) is 12.6. The minimum atomic E-state index is -0.400. The third-order valence-electron chi connectivity index (χ3n) is 2.20. The van der Waals surface area contributed by atoms with E-state index in [1.54, 1.807) is 17.5 Å². The second kappa shape index (κ2) is 6.27. The van der Waals surface area contributed by atoms with E-state index in [2.05, 4.69) is 9.46 Å². The number of rotatable bonds is 4. The highest BCUT2D eigenvalue weighted by Crippen LogP contribution is 2.31. The Morgan fingerprint density at radius 1 is 1.47 bits per heavy atom. The molecule has 19 heavy (non-hydrogen) atoms. The van der Waals surface area contributed by atoms with Gasteiger partial charge in [0.2, 0.25) is 0 Å². The van der Waals surface area contributed by atoms with Crippen LogP contribution in [0.5, 0.6) is 0 Å². The molecule has 0 fully saturated rings. The minimum Gasteiger partial charge on any atom is -0.465 e. The third-order valence-corrected chi connectivity index (χ3v) is 4.42. The third kappa shape index (κ3) is 3.40. The molecule has 0 radical (unpaired) electrons. The summed E-state index contributed by atoms with van der Waals surface area (Å²) in [6, 6.07) is 5.89. The van der Waals surface area contributed by atoms with Crippen LogP contribution in [0.15, 0.2) is 34.5 Å². The highest BCUT2D eigenvalue weighted by molar-refractivity contribution is 8.00. The molecule has 0 bridgehead atoms. The number of halogens is 2. The van der Waals surface area contributed by atoms with Gasteiger partial charge in [0, 0.05) is 4.90 Å². The first-order chi connectivity index (χ1) is 9.11. The Hall–Kier alpha value is -1.24. The monoisotopic (exact) mass is 317 g/mol. The number of anilines is 1. The Labute approximate surface area is 122 Å². The van der Waals surface area contributed by atoms with Crippen LogP contribution in [0.4, 0.5) is 10.1 Å². The standard InChI is InChI=1S/C12H9ClFNO2S2/c1-17-12(16)11-9(4-5-18-11)15-19-10-3-2-7(14)6-8(10)13/h2-6,15H,1H3. The van der Waals surface area contributed by atoms with E-state index in [0.29, 0.717) is 20.5 Å². The van der Waals surface area contributed by atoms with Gasteiger partial charge in [0.25, 0.3) is 0 Å². The van der Waals surface area contributed by atoms with Gasteiger partial charge in [-0.15, -0.1) is 11.3 Å². The van der Waals surface area contributed by atoms with Gasteiger partial charge in [0.05, 0.1) is 17.8 Å². The SMILES string of the molecule is COC(=O)c1sccc1NSc1ccc(F)cc1Cl. The van der Waals surface area contributed by atoms with Crippen molar-refractivity contribution >= 4 is 46.5 Å². The molecule has 1 heterocycles. The Morgan fingerprint density at radius 2 is 2.26 bits per heavy atom. The molecule has 1 N–H and O–H groups in total. The Morgan fingerprint density at radius 3 is 2.95 bits per heavy atom. The fourth-order valence-corrected chi connectivity index (χ4v) is 3.10. The quantitative estimate of drug-likeness (QED) is 0.668. The lowest BCUT2D eigenvalue weighted by molar-refractivity contribution is 0.0607. The molecule has 0 amide bonds. The molecule has 2 rings (SSSR count). The smallest absolute Gasteiger partial charge is 0.350 e. The largest absolute Gasteiger partial charge is 0.465 e. The van der Waals surface area contributed by atoms with Crippen LogP contribution in [0, 0.1) is 5.82 Å². The van der Waals surface area contributed by atoms with Gasteiger partial charge in [-0.3, -0.25) is 0 Å². The maximum Gasteiger partial charge on any atom is 0.350 e. The molecular weight excluding hydrogens is 309 g/mol. The van der Waals surface area contributed by atoms with Gasteiger partial charge in [0.1, 0.15) is 10.7 Å². The van der Waals surface area contributed by atoms with E-state index in [1.165, 1.54) is 42.5 Å². The second-order valence-electron chi connectivity index (χ2n) is 3.43. The second-order valence-corrected chi connectivity index (χ2v) is 5.61. The summed E-state index contributed by atoms with van der Waals surface area (Å²) in [6.07, 6.45) is 0. The predicted octanol–water partition coefficient (Wildman–Crippen LogP) is 4.45. The van der Waals surface area contributed by atoms with Crippen LogP contribution < -0.4 is 4.72 Å². The first-order valence-corrected chi connectivity index (χ1v) is 7.23. The average Bonchev–Trinajstić information content (AvgIpc) is 2.85. The zero-order valence-corrected chi connectivity index (χ0v) is 12.2. The molecule has 0 spiro atoms. The molecule has 7 heteroatoms. The Bertz CT molecular complexity index is 603. The lowest BCUT2D eigenvalue weighted by Gasteiger charge is -2.07. The van der Waals surface area contributed by atoms with Crippen molar-refractivity contribution in [3.63, 3.8) is 0 Å². The van der Waals surface area contributed by atoms with Gasteiger partial charge >= 0.3 is 5.97 Å². The molecule has 0 atom stereocenters. The van der Waals surface area contributed by atoms with Crippen LogP contribution in [0.2, 0.25) is 5.02 Å². The van der Waals surface area contributed by atoms with Crippen molar-refractivity contribution in [1.29, 1.82) is 0 Å². The van der Waals surface area contributed by atoms with E-state index >= 15 is 0 Å². The molecular formula is C12H9ClFNO2S2. The molecule has 1 aromatic heterocycles. The van der Waals surface area contributed by atoms with Crippen LogP contribution in [0.25, 0.3) is 0 Å². The lowest BCUT2D eigenvalue weighted by atomic mass is 10.3. The number of methoxy groups -OCH3 is 1. The highest BCUT2D eigenvalue weighted by atomic mass is 35.5. The predicted molar refractivity (Wildman–Crippen MR) is 76.5 cm³/mol. The number of hydrogen-bond acceptors (Lipinski definition) is 5. The number of carbonyl (C=O) groups is 1. The number of esters is 1. The van der Waals surface area contributed by atoms with Gasteiger partial charge in [-0.1, -0.05) is 11.6 Å². The number of carbonyl (C=O) groups excluding carboxylic acids is 1. The van der Waals surface area contributed by atoms with Crippen LogP contribution in [0.1, 0.15) is 9.67 Å². The van der Waals surface area contributed by atoms with Crippen molar-refractivity contribution in [2.45, 2.75) is 4.90 Å². The zero-order valence-electron chi connectivity index (χ0n) is 9.78. The van der Waals surface area contributed by atoms with E-state index in [0.717, 1.165) is 0 Å². The van der Waals surface area contributed by atoms with Crippen LogP contribution in [-0.2, 0) is 4.74 Å². The summed E-state index contributed by atoms with van der Waals surface area (Å²) in [5.74, 6) is -0.788. The van der Waals surface area contributed by atoms with Crippen LogP contribution in [-0.4, -0.2) is 13.1 Å². The van der Waals surface area contributed by atoms with E-state index in [1.807, 2.05) is 0 Å². The van der Waals surface area contributed by atoms with Crippen molar-refractivity contribution in [2.24, 2.45) is 0 Å². The Balaban J connectivity index is 2.10. The fourth-order valence-electron chi connectivity index (χ4n) is 1.31. The van der Waals surface area contributed by atoms with Gasteiger partial charge in [-0.25, -0.2) is 9.18 Å². The van der Waals surface area contributed by atoms with Crippen molar-refractivity contribution in [2.75, 3.05) is 11.8 Å². The molecule has 100 valence electrons. The summed E-state index contributed by atoms with van der Waals surface area (Å²) in [5.41, 5.74) is 0.641. The van der Waals surface area contributed by atoms with Crippen molar-refractivity contribution in [3.05, 3.63) is 45.4 Å². The van der Waals surface area contributed by atoms with E-state index in [4.69, 9.17) is 11.6 Å². The summed E-state index contributed by atoms with van der Waals surface area (Å²) < 4.78 is 20.6. The highest BCUT2D eigenvalue weighted by Gasteiger charge is 2.14. The number of nitrogens with one attached hydrogen (secondary N) is 1. The molecule has 3 nitrogen and oxygen atoms in total. The number of benzene rings is 1. The molecule has 0 aliphatic rings. The molecule has 1 aromatic carbocycles. The molecule has 0 aliphatic heterocycles. The molecule has 0 saturated carbocycles. The topological polar surface area (TPSA) is 38.3 Å². The van der Waals surface area contributed by atoms with Gasteiger partial charge in [-0.05, 0) is 41.6 Å². The van der Waals surface area contributed by atoms with Crippen LogP contribution >= 0.6 is 34.9 Å². The Kier molecular flexibility index (Phi) is 4.68. The fraction of sp³-hybridized carbons (Fsp3) is 0.0833. The summed E-state index contributed by atoms with van der Waals surface area (Å²) in [7, 11) is 1.33. The number of ether oxygens (including phenoxy) is 1. The van der Waals surface area contributed by atoms with E-state index < -0.39 is 5.97 Å². The normalized spacial score (nSPS) is 10.3. The maximum absolute atomic E-state index is 12.9. The van der Waals surface area contributed by atoms with E-state index in [9.17, 15) is 9.18 Å². The number of thiophene rings is 1. The van der Waals surface area contributed by atoms with E-state index in [-0.39, 0.29) is 5.82 Å². The van der Waals surface area contributed by atoms with Crippen molar-refractivity contribution < 1.29 is 13.9 Å². The molecule has 0 saturated heterocycles. The zero-order chi connectivity index (χ0) is 13.8. The summed E-state index contributed by atoms with van der Waals surface area (Å²) in [6.45, 7) is 0. The van der Waals surface area contributed by atoms with Gasteiger partial charge < -0.3 is 9.46 Å². The number of hydrogen-bond donors (Lipinski definition) is 1. The molecule has 2 aromatic rings. The van der Waals surface area contributed by atoms with Crippen LogP contribution in [0.3, 0.4) is 0 Å². The van der Waals surface area contributed by atoms with Crippen molar-refractivity contribution in [1.82, 2.24) is 0 Å². The average molecular weight is 318 g/mol. The maximum atomic E-state index is 12.9. The molecule has 0 unspecified atom stereocenters. The lowest BCUT2D eigenvalue weighted by Crippen LogP contribution is -2.01. The summed E-state index contributed by atoms with van der Waals surface area (Å²) >= 11 is 8.40. The van der Waals surface area contributed by atoms with Gasteiger partial charge in [-0.2, -0.15) is 0 Å². The first kappa shape index (κ1) is 14.2. The minimum absolute atomic E-state index is 0.312. The van der Waals surface area contributed by atoms with Crippen molar-refractivity contribution in [3.8, 4) is 0 Å². The van der Waals surface area contributed by atoms with Gasteiger partial charge in [0.15, 0.2) is 0 Å². The molecule has 0 aliphatic carbocycles.